The van der Waals surface area contributed by atoms with Gasteiger partial charge < -0.3 is 10.2 Å². The number of amides is 2. The van der Waals surface area contributed by atoms with Crippen LogP contribution in [0.5, 0.6) is 0 Å². The predicted octanol–water partition coefficient (Wildman–Crippen LogP) is 1.36. The second kappa shape index (κ2) is 8.07. The fourth-order valence-electron chi connectivity index (χ4n) is 3.37. The standard InChI is InChI=1S/C18H25N3O4S/c22-17(20-10-2-1-3-11-20)14-19-18(23)15-6-8-16(9-7-15)21-12-4-5-13-26(21,24)25/h6-9H,1-5,10-14H2,(H,19,23). The Bertz CT molecular complexity index is 755. The van der Waals surface area contributed by atoms with Gasteiger partial charge in [0.15, 0.2) is 0 Å². The van der Waals surface area contributed by atoms with Crippen LogP contribution in [0.4, 0.5) is 5.69 Å². The third kappa shape index (κ3) is 4.35. The fraction of sp³-hybridized carbons (Fsp3) is 0.556. The summed E-state index contributed by atoms with van der Waals surface area (Å²) in [6.45, 7) is 1.97. The number of anilines is 1. The second-order valence-electron chi connectivity index (χ2n) is 6.77. The van der Waals surface area contributed by atoms with Gasteiger partial charge in [0.05, 0.1) is 18.0 Å². The Morgan fingerprint density at radius 2 is 1.58 bits per heavy atom. The van der Waals surface area contributed by atoms with Crippen LogP contribution < -0.4 is 9.62 Å². The number of hydrogen-bond acceptors (Lipinski definition) is 4. The summed E-state index contributed by atoms with van der Waals surface area (Å²) in [5.74, 6) is -0.231. The van der Waals surface area contributed by atoms with Crippen LogP contribution in [-0.4, -0.2) is 57.1 Å². The van der Waals surface area contributed by atoms with Gasteiger partial charge in [0, 0.05) is 25.2 Å². The van der Waals surface area contributed by atoms with Gasteiger partial charge in [0.2, 0.25) is 15.9 Å². The molecule has 0 aliphatic carbocycles. The van der Waals surface area contributed by atoms with Crippen molar-refractivity contribution in [2.75, 3.05) is 36.2 Å². The van der Waals surface area contributed by atoms with Crippen LogP contribution in [0.2, 0.25) is 0 Å². The van der Waals surface area contributed by atoms with Crippen LogP contribution in [0.25, 0.3) is 0 Å². The van der Waals surface area contributed by atoms with Crippen molar-refractivity contribution in [1.82, 2.24) is 10.2 Å². The Kier molecular flexibility index (Phi) is 5.80. The summed E-state index contributed by atoms with van der Waals surface area (Å²) >= 11 is 0. The van der Waals surface area contributed by atoms with E-state index in [1.165, 1.54) is 4.31 Å². The molecule has 2 aliphatic heterocycles. The Morgan fingerprint density at radius 1 is 0.923 bits per heavy atom. The molecule has 0 radical (unpaired) electrons. The number of piperidine rings is 1. The van der Waals surface area contributed by atoms with Gasteiger partial charge in [-0.3, -0.25) is 13.9 Å². The molecule has 0 aromatic heterocycles. The molecule has 1 aromatic rings. The Labute approximate surface area is 154 Å². The monoisotopic (exact) mass is 379 g/mol. The summed E-state index contributed by atoms with van der Waals surface area (Å²) in [4.78, 5) is 26.1. The summed E-state index contributed by atoms with van der Waals surface area (Å²) in [5.41, 5.74) is 0.986. The SMILES string of the molecule is O=C(NCC(=O)N1CCCCC1)c1ccc(N2CCCCS2(=O)=O)cc1. The quantitative estimate of drug-likeness (QED) is 0.856. The van der Waals surface area contributed by atoms with Crippen molar-refractivity contribution in [1.29, 1.82) is 0 Å². The zero-order valence-corrected chi connectivity index (χ0v) is 15.6. The number of sulfonamides is 1. The molecule has 142 valence electrons. The van der Waals surface area contributed by atoms with E-state index in [0.717, 1.165) is 38.8 Å². The number of carbonyl (C=O) groups excluding carboxylic acids is 2. The first-order valence-electron chi connectivity index (χ1n) is 9.14. The van der Waals surface area contributed by atoms with Crippen LogP contribution in [0.15, 0.2) is 24.3 Å². The van der Waals surface area contributed by atoms with E-state index in [2.05, 4.69) is 5.32 Å². The molecule has 0 bridgehead atoms. The highest BCUT2D eigenvalue weighted by Gasteiger charge is 2.26. The first-order valence-corrected chi connectivity index (χ1v) is 10.7. The highest BCUT2D eigenvalue weighted by molar-refractivity contribution is 7.92. The number of hydrogen-bond donors (Lipinski definition) is 1. The van der Waals surface area contributed by atoms with Crippen LogP contribution in [0.1, 0.15) is 42.5 Å². The molecule has 2 fully saturated rings. The first kappa shape index (κ1) is 18.7. The van der Waals surface area contributed by atoms with Crippen LogP contribution in [0.3, 0.4) is 0 Å². The molecule has 8 heteroatoms. The smallest absolute Gasteiger partial charge is 0.251 e. The molecule has 0 spiro atoms. The molecule has 0 unspecified atom stereocenters. The fourth-order valence-corrected chi connectivity index (χ4v) is 5.01. The molecular formula is C18H25N3O4S. The predicted molar refractivity (Wildman–Crippen MR) is 99.6 cm³/mol. The van der Waals surface area contributed by atoms with Gasteiger partial charge in [0.25, 0.3) is 5.91 Å². The van der Waals surface area contributed by atoms with Gasteiger partial charge in [-0.2, -0.15) is 0 Å². The zero-order valence-electron chi connectivity index (χ0n) is 14.8. The largest absolute Gasteiger partial charge is 0.343 e. The minimum absolute atomic E-state index is 0.0128. The van der Waals surface area contributed by atoms with E-state index in [0.29, 0.717) is 24.2 Å². The van der Waals surface area contributed by atoms with Crippen molar-refractivity contribution in [3.05, 3.63) is 29.8 Å². The van der Waals surface area contributed by atoms with E-state index in [1.807, 2.05) is 0 Å². The molecule has 26 heavy (non-hydrogen) atoms. The van der Waals surface area contributed by atoms with E-state index in [1.54, 1.807) is 29.2 Å². The highest BCUT2D eigenvalue weighted by atomic mass is 32.2. The second-order valence-corrected chi connectivity index (χ2v) is 8.78. The van der Waals surface area contributed by atoms with Crippen LogP contribution in [-0.2, 0) is 14.8 Å². The average Bonchev–Trinajstić information content (AvgIpc) is 2.66. The summed E-state index contributed by atoms with van der Waals surface area (Å²) in [6.07, 6.45) is 4.70. The number of nitrogens with zero attached hydrogens (tertiary/aromatic N) is 2. The van der Waals surface area contributed by atoms with Gasteiger partial charge in [-0.25, -0.2) is 8.42 Å². The summed E-state index contributed by atoms with van der Waals surface area (Å²) < 4.78 is 25.7. The molecule has 2 amide bonds. The lowest BCUT2D eigenvalue weighted by Crippen LogP contribution is -2.42. The van der Waals surface area contributed by atoms with E-state index >= 15 is 0 Å². The van der Waals surface area contributed by atoms with E-state index in [4.69, 9.17) is 0 Å². The maximum atomic E-state index is 12.2. The van der Waals surface area contributed by atoms with Crippen molar-refractivity contribution < 1.29 is 18.0 Å². The molecule has 2 saturated heterocycles. The molecule has 1 aromatic carbocycles. The third-order valence-corrected chi connectivity index (χ3v) is 6.75. The molecular weight excluding hydrogens is 354 g/mol. The van der Waals surface area contributed by atoms with E-state index < -0.39 is 10.0 Å². The number of rotatable bonds is 4. The van der Waals surface area contributed by atoms with Gasteiger partial charge >= 0.3 is 0 Å². The molecule has 2 heterocycles. The molecule has 0 saturated carbocycles. The number of nitrogens with one attached hydrogen (secondary N) is 1. The van der Waals surface area contributed by atoms with Crippen molar-refractivity contribution in [2.24, 2.45) is 0 Å². The number of benzene rings is 1. The first-order chi connectivity index (χ1) is 12.5. The van der Waals surface area contributed by atoms with Gasteiger partial charge in [-0.1, -0.05) is 0 Å². The summed E-state index contributed by atoms with van der Waals surface area (Å²) in [6, 6.07) is 6.48. The topological polar surface area (TPSA) is 86.8 Å². The zero-order chi connectivity index (χ0) is 18.6. The minimum atomic E-state index is -3.26. The Morgan fingerprint density at radius 3 is 2.23 bits per heavy atom. The van der Waals surface area contributed by atoms with Crippen molar-refractivity contribution >= 4 is 27.5 Å². The lowest BCUT2D eigenvalue weighted by Gasteiger charge is -2.28. The van der Waals surface area contributed by atoms with Crippen molar-refractivity contribution in [3.63, 3.8) is 0 Å². The Balaban J connectivity index is 1.57. The molecule has 7 nitrogen and oxygen atoms in total. The minimum Gasteiger partial charge on any atom is -0.343 e. The molecule has 2 aliphatic rings. The molecule has 1 N–H and O–H groups in total. The maximum Gasteiger partial charge on any atom is 0.251 e. The third-order valence-electron chi connectivity index (χ3n) is 4.88. The van der Waals surface area contributed by atoms with Crippen molar-refractivity contribution in [3.8, 4) is 0 Å². The number of likely N-dealkylation sites (tertiary alicyclic amines) is 1. The van der Waals surface area contributed by atoms with Crippen LogP contribution in [0, 0.1) is 0 Å². The number of carbonyl (C=O) groups is 2. The highest BCUT2D eigenvalue weighted by Crippen LogP contribution is 2.23. The van der Waals surface area contributed by atoms with Gasteiger partial charge in [-0.05, 0) is 56.4 Å². The maximum absolute atomic E-state index is 12.2. The normalized spacial score (nSPS) is 19.8. The van der Waals surface area contributed by atoms with Gasteiger partial charge in [-0.15, -0.1) is 0 Å². The molecule has 0 atom stereocenters. The average molecular weight is 379 g/mol. The Hall–Kier alpha value is -2.09. The lowest BCUT2D eigenvalue weighted by atomic mass is 10.1. The van der Waals surface area contributed by atoms with Crippen LogP contribution >= 0.6 is 0 Å². The van der Waals surface area contributed by atoms with E-state index in [9.17, 15) is 18.0 Å². The van der Waals surface area contributed by atoms with E-state index in [-0.39, 0.29) is 24.1 Å². The molecule has 3 rings (SSSR count). The van der Waals surface area contributed by atoms with Gasteiger partial charge in [0.1, 0.15) is 0 Å². The summed E-state index contributed by atoms with van der Waals surface area (Å²) in [5, 5.41) is 2.65. The lowest BCUT2D eigenvalue weighted by molar-refractivity contribution is -0.130. The van der Waals surface area contributed by atoms with Crippen molar-refractivity contribution in [2.45, 2.75) is 32.1 Å². The summed E-state index contributed by atoms with van der Waals surface area (Å²) in [7, 11) is -3.26.